The summed E-state index contributed by atoms with van der Waals surface area (Å²) in [5.41, 5.74) is 0. The minimum Gasteiger partial charge on any atom is -0.344 e. The van der Waals surface area contributed by atoms with Gasteiger partial charge in [0.25, 0.3) is 0 Å². The molecule has 1 nitrogen and oxygen atoms in total. The summed E-state index contributed by atoms with van der Waals surface area (Å²) < 4.78 is 0. The molecule has 57 valence electrons. The minimum absolute atomic E-state index is 0. The van der Waals surface area contributed by atoms with Gasteiger partial charge in [-0.15, -0.1) is 6.04 Å². The zero-order valence-corrected chi connectivity index (χ0v) is 9.38. The van der Waals surface area contributed by atoms with Crippen LogP contribution in [0.1, 0.15) is 27.7 Å². The van der Waals surface area contributed by atoms with Crippen LogP contribution in [0.15, 0.2) is 0 Å². The summed E-state index contributed by atoms with van der Waals surface area (Å²) in [7, 11) is 0. The van der Waals surface area contributed by atoms with E-state index >= 15 is 0 Å². The Morgan fingerprint density at radius 2 is 1.89 bits per heavy atom. The molecule has 1 radical (unpaired) electrons. The summed E-state index contributed by atoms with van der Waals surface area (Å²) in [6.07, 6.45) is 0. The molecule has 0 fully saturated rings. The Hall–Kier alpha value is 0.622. The molecule has 0 spiro atoms. The molecular weight excluding hydrogens is 284 g/mol. The molecule has 0 heterocycles. The fourth-order valence-electron chi connectivity index (χ4n) is 0.510. The van der Waals surface area contributed by atoms with Crippen molar-refractivity contribution in [2.75, 3.05) is 6.54 Å². The summed E-state index contributed by atoms with van der Waals surface area (Å²) >= 11 is 0. The molecule has 0 aliphatic rings. The van der Waals surface area contributed by atoms with Gasteiger partial charge in [-0.2, -0.15) is 13.8 Å². The van der Waals surface area contributed by atoms with Crippen LogP contribution in [0.3, 0.4) is 0 Å². The second-order valence-electron chi connectivity index (χ2n) is 2.36. The Labute approximate surface area is 72.3 Å². The van der Waals surface area contributed by atoms with Gasteiger partial charge in [0.15, 0.2) is 0 Å². The van der Waals surface area contributed by atoms with Gasteiger partial charge in [-0.05, 0) is 6.54 Å². The van der Waals surface area contributed by atoms with Gasteiger partial charge in [0.1, 0.15) is 0 Å². The maximum Gasteiger partial charge on any atom is 0 e. The molecule has 0 aromatic rings. The Morgan fingerprint density at radius 1 is 1.44 bits per heavy atom. The van der Waals surface area contributed by atoms with E-state index < -0.39 is 0 Å². The zero-order chi connectivity index (χ0) is 6.57. The van der Waals surface area contributed by atoms with Gasteiger partial charge >= 0.3 is 0 Å². The standard InChI is InChI=1S/C7H16N.Re/c1-5-8-7(4)6(2)3;/h7-8H,5H2,1-4H3;/q-1;. The third-order valence-corrected chi connectivity index (χ3v) is 1.38. The van der Waals surface area contributed by atoms with E-state index in [9.17, 15) is 0 Å². The smallest absolute Gasteiger partial charge is 0 e. The predicted octanol–water partition coefficient (Wildman–Crippen LogP) is 1.60. The summed E-state index contributed by atoms with van der Waals surface area (Å²) in [5.74, 6) is 1.45. The molecule has 2 heteroatoms. The summed E-state index contributed by atoms with van der Waals surface area (Å²) in [4.78, 5) is 0. The third kappa shape index (κ3) is 6.51. The van der Waals surface area contributed by atoms with Crippen molar-refractivity contribution in [2.45, 2.75) is 33.7 Å². The Kier molecular flexibility index (Phi) is 9.22. The SMILES string of the molecule is CCNC(C)[C-](C)C.[Re]. The molecule has 0 bridgehead atoms. The van der Waals surface area contributed by atoms with E-state index in [0.29, 0.717) is 6.04 Å². The maximum absolute atomic E-state index is 3.31. The fourth-order valence-corrected chi connectivity index (χ4v) is 0.510. The molecule has 0 aliphatic carbocycles. The molecule has 0 saturated heterocycles. The van der Waals surface area contributed by atoms with Crippen LogP contribution in [-0.4, -0.2) is 12.6 Å². The van der Waals surface area contributed by atoms with Crippen molar-refractivity contribution in [1.29, 1.82) is 0 Å². The molecule has 9 heavy (non-hydrogen) atoms. The Bertz CT molecular complexity index is 54.9. The molecule has 0 aromatic heterocycles. The van der Waals surface area contributed by atoms with Crippen LogP contribution in [0.25, 0.3) is 0 Å². The number of rotatable bonds is 3. The van der Waals surface area contributed by atoms with Gasteiger partial charge in [-0.1, -0.05) is 13.8 Å². The van der Waals surface area contributed by atoms with Crippen molar-refractivity contribution in [3.05, 3.63) is 5.92 Å². The van der Waals surface area contributed by atoms with Crippen molar-refractivity contribution in [1.82, 2.24) is 5.32 Å². The summed E-state index contributed by atoms with van der Waals surface area (Å²) in [6, 6.07) is 0.583. The van der Waals surface area contributed by atoms with Gasteiger partial charge in [0.2, 0.25) is 0 Å². The molecule has 1 unspecified atom stereocenters. The van der Waals surface area contributed by atoms with Crippen LogP contribution in [0, 0.1) is 5.92 Å². The quantitative estimate of drug-likeness (QED) is 0.781. The summed E-state index contributed by atoms with van der Waals surface area (Å²) in [5, 5.41) is 3.31. The topological polar surface area (TPSA) is 12.0 Å². The van der Waals surface area contributed by atoms with Gasteiger partial charge in [-0.25, -0.2) is 0 Å². The molecule has 0 aromatic carbocycles. The van der Waals surface area contributed by atoms with Crippen molar-refractivity contribution in [3.63, 3.8) is 0 Å². The zero-order valence-electron chi connectivity index (χ0n) is 6.66. The van der Waals surface area contributed by atoms with Gasteiger partial charge in [0, 0.05) is 20.4 Å². The van der Waals surface area contributed by atoms with E-state index in [-0.39, 0.29) is 20.4 Å². The van der Waals surface area contributed by atoms with Crippen molar-refractivity contribution in [3.8, 4) is 0 Å². The average Bonchev–Trinajstić information content (AvgIpc) is 1.67. The van der Waals surface area contributed by atoms with Crippen LogP contribution in [0.4, 0.5) is 0 Å². The largest absolute Gasteiger partial charge is 0.344 e. The van der Waals surface area contributed by atoms with Crippen LogP contribution in [0.5, 0.6) is 0 Å². The van der Waals surface area contributed by atoms with Crippen molar-refractivity contribution < 1.29 is 20.4 Å². The molecule has 1 N–H and O–H groups in total. The van der Waals surface area contributed by atoms with E-state index in [0.717, 1.165) is 6.54 Å². The minimum atomic E-state index is 0. The molecular formula is C7H16NRe-. The van der Waals surface area contributed by atoms with Crippen LogP contribution < -0.4 is 5.32 Å². The van der Waals surface area contributed by atoms with Gasteiger partial charge < -0.3 is 11.2 Å². The van der Waals surface area contributed by atoms with Crippen molar-refractivity contribution in [2.24, 2.45) is 0 Å². The molecule has 0 saturated carbocycles. The molecule has 0 aliphatic heterocycles. The normalized spacial score (nSPS) is 13.0. The maximum atomic E-state index is 3.31. The number of hydrogen-bond acceptors (Lipinski definition) is 1. The Balaban J connectivity index is 0. The summed E-state index contributed by atoms with van der Waals surface area (Å²) in [6.45, 7) is 9.66. The number of hydrogen-bond donors (Lipinski definition) is 1. The first-order chi connectivity index (χ1) is 3.68. The van der Waals surface area contributed by atoms with Crippen LogP contribution in [0.2, 0.25) is 0 Å². The van der Waals surface area contributed by atoms with Crippen LogP contribution in [-0.2, 0) is 20.4 Å². The van der Waals surface area contributed by atoms with Gasteiger partial charge in [-0.3, -0.25) is 0 Å². The van der Waals surface area contributed by atoms with E-state index in [1.807, 2.05) is 0 Å². The second kappa shape index (κ2) is 6.74. The number of nitrogens with one attached hydrogen (secondary N) is 1. The third-order valence-electron chi connectivity index (χ3n) is 1.38. The molecule has 0 rings (SSSR count). The second-order valence-corrected chi connectivity index (χ2v) is 2.36. The van der Waals surface area contributed by atoms with Crippen molar-refractivity contribution >= 4 is 0 Å². The first kappa shape index (κ1) is 12.3. The van der Waals surface area contributed by atoms with Crippen LogP contribution >= 0.6 is 0 Å². The first-order valence-corrected chi connectivity index (χ1v) is 3.22. The van der Waals surface area contributed by atoms with E-state index in [2.05, 4.69) is 33.0 Å². The Morgan fingerprint density at radius 3 is 2.00 bits per heavy atom. The first-order valence-electron chi connectivity index (χ1n) is 3.22. The van der Waals surface area contributed by atoms with E-state index in [4.69, 9.17) is 0 Å². The van der Waals surface area contributed by atoms with E-state index in [1.54, 1.807) is 0 Å². The average molecular weight is 300 g/mol. The van der Waals surface area contributed by atoms with E-state index in [1.165, 1.54) is 5.92 Å². The van der Waals surface area contributed by atoms with Gasteiger partial charge in [0.05, 0.1) is 0 Å². The monoisotopic (exact) mass is 301 g/mol. The predicted molar refractivity (Wildman–Crippen MR) is 37.7 cm³/mol. The molecule has 1 atom stereocenters. The molecule has 0 amide bonds. The fraction of sp³-hybridized carbons (Fsp3) is 0.857.